The van der Waals surface area contributed by atoms with Gasteiger partial charge in [0.05, 0.1) is 0 Å². The highest BCUT2D eigenvalue weighted by Crippen LogP contribution is 1.93. The second kappa shape index (κ2) is 6.38. The Labute approximate surface area is 76.3 Å². The van der Waals surface area contributed by atoms with Gasteiger partial charge in [-0.2, -0.15) is 0 Å². The third-order valence-electron chi connectivity index (χ3n) is 1.47. The van der Waals surface area contributed by atoms with Gasteiger partial charge in [0.15, 0.2) is 0 Å². The van der Waals surface area contributed by atoms with Gasteiger partial charge in [0, 0.05) is 19.5 Å². The molecule has 1 atom stereocenters. The Bertz CT molecular complexity index is 184. The molecule has 0 saturated carbocycles. The number of carbonyl (C=O) groups excluding carboxylic acids is 1. The van der Waals surface area contributed by atoms with Gasteiger partial charge in [0.2, 0.25) is 5.91 Å². The van der Waals surface area contributed by atoms with Crippen LogP contribution < -0.4 is 16.8 Å². The molecule has 6 N–H and O–H groups in total. The van der Waals surface area contributed by atoms with Crippen LogP contribution >= 0.6 is 0 Å². The average molecular weight is 189 g/mol. The number of carboxylic acid groups (broad SMARTS) is 1. The summed E-state index contributed by atoms with van der Waals surface area (Å²) in [6, 6.07) is -0.969. The summed E-state index contributed by atoms with van der Waals surface area (Å²) in [5, 5.41) is 10.9. The van der Waals surface area contributed by atoms with Gasteiger partial charge in [-0.3, -0.25) is 9.59 Å². The zero-order valence-corrected chi connectivity index (χ0v) is 7.32. The molecule has 0 aromatic rings. The van der Waals surface area contributed by atoms with E-state index in [4.69, 9.17) is 16.6 Å². The van der Waals surface area contributed by atoms with Crippen LogP contribution in [0.5, 0.6) is 0 Å². The Morgan fingerprint density at radius 1 is 1.46 bits per heavy atom. The van der Waals surface area contributed by atoms with E-state index in [0.717, 1.165) is 0 Å². The number of nitrogens with one attached hydrogen (secondary N) is 1. The molecule has 0 aliphatic heterocycles. The maximum atomic E-state index is 10.9. The van der Waals surface area contributed by atoms with E-state index >= 15 is 0 Å². The quantitative estimate of drug-likeness (QED) is 0.395. The zero-order valence-electron chi connectivity index (χ0n) is 7.32. The van der Waals surface area contributed by atoms with Crippen LogP contribution in [0, 0.1) is 0 Å². The lowest BCUT2D eigenvalue weighted by Gasteiger charge is -2.06. The van der Waals surface area contributed by atoms with Crippen molar-refractivity contribution in [1.29, 1.82) is 0 Å². The Hall–Kier alpha value is -1.14. The third kappa shape index (κ3) is 6.06. The fourth-order valence-corrected chi connectivity index (χ4v) is 0.710. The molecule has 0 aromatic heterocycles. The largest absolute Gasteiger partial charge is 0.480 e. The highest BCUT2D eigenvalue weighted by molar-refractivity contribution is 5.78. The highest BCUT2D eigenvalue weighted by Gasteiger charge is 2.12. The zero-order chi connectivity index (χ0) is 10.3. The molecule has 6 nitrogen and oxygen atoms in total. The first-order chi connectivity index (χ1) is 6.07. The van der Waals surface area contributed by atoms with Gasteiger partial charge >= 0.3 is 5.97 Å². The number of carbonyl (C=O) groups is 2. The van der Waals surface area contributed by atoms with Crippen molar-refractivity contribution >= 4 is 11.9 Å². The summed E-state index contributed by atoms with van der Waals surface area (Å²) < 4.78 is 0. The molecule has 0 radical (unpaired) electrons. The number of amides is 1. The smallest absolute Gasteiger partial charge is 0.320 e. The van der Waals surface area contributed by atoms with E-state index < -0.39 is 12.0 Å². The molecule has 0 rings (SSSR count). The summed E-state index contributed by atoms with van der Waals surface area (Å²) in [6.07, 6.45) is 0.263. The predicted octanol–water partition coefficient (Wildman–Crippen LogP) is -1.75. The minimum Gasteiger partial charge on any atom is -0.480 e. The van der Waals surface area contributed by atoms with Crippen molar-refractivity contribution in [3.8, 4) is 0 Å². The number of nitrogens with two attached hydrogens (primary N) is 2. The van der Waals surface area contributed by atoms with Crippen molar-refractivity contribution in [1.82, 2.24) is 5.32 Å². The van der Waals surface area contributed by atoms with E-state index in [1.807, 2.05) is 0 Å². The van der Waals surface area contributed by atoms with Crippen molar-refractivity contribution < 1.29 is 14.7 Å². The van der Waals surface area contributed by atoms with E-state index in [1.165, 1.54) is 0 Å². The average Bonchev–Trinajstić information content (AvgIpc) is 2.10. The molecular formula is C7H15N3O3. The molecule has 0 aliphatic rings. The van der Waals surface area contributed by atoms with Crippen LogP contribution in [0.3, 0.4) is 0 Å². The Morgan fingerprint density at radius 3 is 2.54 bits per heavy atom. The molecule has 0 aromatic carbocycles. The van der Waals surface area contributed by atoms with E-state index in [2.05, 4.69) is 5.32 Å². The van der Waals surface area contributed by atoms with Crippen LogP contribution in [0.1, 0.15) is 12.8 Å². The predicted molar refractivity (Wildman–Crippen MR) is 46.9 cm³/mol. The summed E-state index contributed by atoms with van der Waals surface area (Å²) in [4.78, 5) is 21.2. The minimum atomic E-state index is -1.09. The van der Waals surface area contributed by atoms with Crippen molar-refractivity contribution in [3.63, 3.8) is 0 Å². The first-order valence-corrected chi connectivity index (χ1v) is 4.03. The summed E-state index contributed by atoms with van der Waals surface area (Å²) in [6.45, 7) is 0.776. The summed E-state index contributed by atoms with van der Waals surface area (Å²) in [7, 11) is 0. The van der Waals surface area contributed by atoms with E-state index in [9.17, 15) is 9.59 Å². The lowest BCUT2D eigenvalue weighted by Crippen LogP contribution is -2.34. The molecule has 0 heterocycles. The Morgan fingerprint density at radius 2 is 2.08 bits per heavy atom. The van der Waals surface area contributed by atoms with Crippen LogP contribution in [0.25, 0.3) is 0 Å². The number of carboxylic acids is 1. The monoisotopic (exact) mass is 189 g/mol. The molecule has 0 fully saturated rings. The lowest BCUT2D eigenvalue weighted by molar-refractivity contribution is -0.138. The molecule has 0 saturated heterocycles. The number of aliphatic carboxylic acids is 1. The lowest BCUT2D eigenvalue weighted by atomic mass is 10.1. The fraction of sp³-hybridized carbons (Fsp3) is 0.714. The maximum absolute atomic E-state index is 10.9. The topological polar surface area (TPSA) is 118 Å². The van der Waals surface area contributed by atoms with Gasteiger partial charge in [-0.15, -0.1) is 0 Å². The molecule has 0 aliphatic carbocycles. The fourth-order valence-electron chi connectivity index (χ4n) is 0.710. The minimum absolute atomic E-state index is 0.119. The van der Waals surface area contributed by atoms with Gasteiger partial charge in [-0.1, -0.05) is 0 Å². The number of hydrogen-bond donors (Lipinski definition) is 4. The van der Waals surface area contributed by atoms with Crippen LogP contribution in [-0.4, -0.2) is 36.1 Å². The summed E-state index contributed by atoms with van der Waals surface area (Å²) >= 11 is 0. The van der Waals surface area contributed by atoms with Gasteiger partial charge in [0.25, 0.3) is 0 Å². The molecule has 0 bridgehead atoms. The molecule has 0 spiro atoms. The Kier molecular flexibility index (Phi) is 5.82. The van der Waals surface area contributed by atoms with Crippen LogP contribution in [-0.2, 0) is 9.59 Å². The van der Waals surface area contributed by atoms with Gasteiger partial charge in [0.1, 0.15) is 6.04 Å². The SMILES string of the molecule is NCCNC(=O)CC[C@H](N)C(=O)O. The summed E-state index contributed by atoms with van der Waals surface area (Å²) in [5.74, 6) is -1.31. The molecule has 0 unspecified atom stereocenters. The van der Waals surface area contributed by atoms with Crippen molar-refractivity contribution in [2.24, 2.45) is 11.5 Å². The number of hydrogen-bond acceptors (Lipinski definition) is 4. The van der Waals surface area contributed by atoms with E-state index in [1.54, 1.807) is 0 Å². The Balaban J connectivity index is 3.52. The maximum Gasteiger partial charge on any atom is 0.320 e. The van der Waals surface area contributed by atoms with Crippen LogP contribution in [0.2, 0.25) is 0 Å². The van der Waals surface area contributed by atoms with Gasteiger partial charge < -0.3 is 21.9 Å². The van der Waals surface area contributed by atoms with Crippen LogP contribution in [0.4, 0.5) is 0 Å². The standard InChI is InChI=1S/C7H15N3O3/c8-3-4-10-6(11)2-1-5(9)7(12)13/h5H,1-4,8-9H2,(H,10,11)(H,12,13)/t5-/m0/s1. The molecular weight excluding hydrogens is 174 g/mol. The van der Waals surface area contributed by atoms with E-state index in [-0.39, 0.29) is 18.7 Å². The first kappa shape index (κ1) is 11.9. The van der Waals surface area contributed by atoms with Gasteiger partial charge in [-0.25, -0.2) is 0 Å². The second-order valence-corrected chi connectivity index (χ2v) is 2.62. The van der Waals surface area contributed by atoms with E-state index in [0.29, 0.717) is 13.1 Å². The first-order valence-electron chi connectivity index (χ1n) is 4.03. The number of rotatable bonds is 6. The molecule has 76 valence electrons. The third-order valence-corrected chi connectivity index (χ3v) is 1.47. The molecule has 6 heteroatoms. The second-order valence-electron chi connectivity index (χ2n) is 2.62. The highest BCUT2D eigenvalue weighted by atomic mass is 16.4. The normalized spacial score (nSPS) is 12.2. The van der Waals surface area contributed by atoms with Gasteiger partial charge in [-0.05, 0) is 6.42 Å². The van der Waals surface area contributed by atoms with Crippen LogP contribution in [0.15, 0.2) is 0 Å². The molecule has 13 heavy (non-hydrogen) atoms. The van der Waals surface area contributed by atoms with Crippen molar-refractivity contribution in [2.75, 3.05) is 13.1 Å². The van der Waals surface area contributed by atoms with Crippen molar-refractivity contribution in [3.05, 3.63) is 0 Å². The van der Waals surface area contributed by atoms with Crippen molar-refractivity contribution in [2.45, 2.75) is 18.9 Å². The molecule has 1 amide bonds. The summed E-state index contributed by atoms with van der Waals surface area (Å²) in [5.41, 5.74) is 10.3.